The van der Waals surface area contributed by atoms with Crippen molar-refractivity contribution in [3.8, 4) is 0 Å². The van der Waals surface area contributed by atoms with Crippen LogP contribution in [0.3, 0.4) is 0 Å². The van der Waals surface area contributed by atoms with Gasteiger partial charge < -0.3 is 25.5 Å². The number of fused-ring (bicyclic) bond motifs is 2. The van der Waals surface area contributed by atoms with Gasteiger partial charge in [-0.1, -0.05) is 13.8 Å². The van der Waals surface area contributed by atoms with Gasteiger partial charge in [0.1, 0.15) is 0 Å². The van der Waals surface area contributed by atoms with Gasteiger partial charge in [-0.15, -0.1) is 0 Å². The maximum absolute atomic E-state index is 12.6. The second kappa shape index (κ2) is 8.03. The molecule has 25 heavy (non-hydrogen) atoms. The quantitative estimate of drug-likeness (QED) is 0.818. The van der Waals surface area contributed by atoms with E-state index in [0.29, 0.717) is 23.1 Å². The van der Waals surface area contributed by atoms with Crippen molar-refractivity contribution in [3.63, 3.8) is 0 Å². The molecule has 1 N–H and O–H groups in total. The summed E-state index contributed by atoms with van der Waals surface area (Å²) < 4.78 is 0. The first-order chi connectivity index (χ1) is 12.1. The highest BCUT2D eigenvalue weighted by atomic mass is 16.6. The molecule has 0 radical (unpaired) electrons. The number of rotatable bonds is 7. The Morgan fingerprint density at radius 2 is 1.68 bits per heavy atom. The van der Waals surface area contributed by atoms with Crippen LogP contribution in [0, 0.1) is 10.4 Å². The second-order valence-corrected chi connectivity index (χ2v) is 6.71. The summed E-state index contributed by atoms with van der Waals surface area (Å²) in [6.45, 7) is 7.64. The van der Waals surface area contributed by atoms with E-state index in [4.69, 9.17) is 0 Å². The Morgan fingerprint density at radius 1 is 1.04 bits per heavy atom. The molecule has 7 heteroatoms. The Hall–Kier alpha value is -1.83. The molecule has 0 aromatic heterocycles. The number of hydrogen-bond acceptors (Lipinski definition) is 5. The number of hydroxylamine groups is 1. The van der Waals surface area contributed by atoms with Crippen molar-refractivity contribution in [2.24, 2.45) is 4.99 Å². The summed E-state index contributed by atoms with van der Waals surface area (Å²) in [6, 6.07) is 3.69. The molecule has 0 fully saturated rings. The number of anilines is 2. The summed E-state index contributed by atoms with van der Waals surface area (Å²) in [6.07, 6.45) is 5.21. The van der Waals surface area contributed by atoms with Gasteiger partial charge in [0.25, 0.3) is 0 Å². The minimum absolute atomic E-state index is 0.0772. The van der Waals surface area contributed by atoms with Gasteiger partial charge in [-0.05, 0) is 68.5 Å². The van der Waals surface area contributed by atoms with Gasteiger partial charge in [0.05, 0.1) is 17.9 Å². The standard InChI is InChI=1S/C18H27N5O2/c1-3-9-21(10-4-2)11-8-19-18-20-23(25)17-13-15-7-5-6-14(15)12-16(17)22(18)24/h12-13H,3-11H2,1-2H3,(H,19,20)/q-2. The lowest BCUT2D eigenvalue weighted by molar-refractivity contribution is 0.282. The van der Waals surface area contributed by atoms with Gasteiger partial charge in [-0.25, -0.2) is 0 Å². The predicted molar refractivity (Wildman–Crippen MR) is 103 cm³/mol. The monoisotopic (exact) mass is 345 g/mol. The molecule has 0 saturated carbocycles. The van der Waals surface area contributed by atoms with Crippen LogP contribution in [0.1, 0.15) is 44.2 Å². The summed E-state index contributed by atoms with van der Waals surface area (Å²) in [5.74, 6) is 0.0772. The molecule has 1 heterocycles. The van der Waals surface area contributed by atoms with E-state index < -0.39 is 0 Å². The highest BCUT2D eigenvalue weighted by molar-refractivity contribution is 6.04. The fourth-order valence-corrected chi connectivity index (χ4v) is 3.60. The third-order valence-corrected chi connectivity index (χ3v) is 4.78. The zero-order valence-electron chi connectivity index (χ0n) is 15.1. The van der Waals surface area contributed by atoms with Crippen molar-refractivity contribution < 1.29 is 0 Å². The van der Waals surface area contributed by atoms with Crippen molar-refractivity contribution in [1.82, 2.24) is 10.3 Å². The van der Waals surface area contributed by atoms with Crippen LogP contribution < -0.4 is 15.7 Å². The zero-order chi connectivity index (χ0) is 17.8. The van der Waals surface area contributed by atoms with Crippen LogP contribution in [0.15, 0.2) is 17.1 Å². The topological polar surface area (TPSA) is 80.2 Å². The first-order valence-electron chi connectivity index (χ1n) is 9.27. The molecule has 0 saturated heterocycles. The van der Waals surface area contributed by atoms with Gasteiger partial charge in [0.15, 0.2) is 0 Å². The molecule has 138 valence electrons. The molecule has 0 unspecified atom stereocenters. The molecule has 0 amide bonds. The molecule has 0 atom stereocenters. The third-order valence-electron chi connectivity index (χ3n) is 4.78. The Kier molecular flexibility index (Phi) is 5.78. The lowest BCUT2D eigenvalue weighted by atomic mass is 10.1. The minimum Gasteiger partial charge on any atom is -0.752 e. The Bertz CT molecular complexity index is 628. The maximum Gasteiger partial charge on any atom is 0.206 e. The van der Waals surface area contributed by atoms with E-state index >= 15 is 0 Å². The SMILES string of the molecule is CCCN(CCC)CCN=C1NN([O-])c2cc3c(cc2N1[O-])CCC3. The zero-order valence-corrected chi connectivity index (χ0v) is 15.1. The summed E-state index contributed by atoms with van der Waals surface area (Å²) in [5, 5.41) is 26.3. The molecule has 2 aliphatic rings. The molecule has 1 aliphatic heterocycles. The van der Waals surface area contributed by atoms with E-state index in [1.54, 1.807) is 0 Å². The van der Waals surface area contributed by atoms with Crippen LogP contribution in [-0.2, 0) is 12.8 Å². The first kappa shape index (κ1) is 18.0. The normalized spacial score (nSPS) is 17.9. The van der Waals surface area contributed by atoms with Crippen molar-refractivity contribution in [1.29, 1.82) is 0 Å². The number of nitrogens with one attached hydrogen (secondary N) is 1. The van der Waals surface area contributed by atoms with E-state index in [-0.39, 0.29) is 5.96 Å². The van der Waals surface area contributed by atoms with E-state index in [0.717, 1.165) is 56.8 Å². The molecule has 7 nitrogen and oxygen atoms in total. The fourth-order valence-electron chi connectivity index (χ4n) is 3.60. The maximum atomic E-state index is 12.6. The van der Waals surface area contributed by atoms with Crippen LogP contribution >= 0.6 is 0 Å². The largest absolute Gasteiger partial charge is 0.752 e. The van der Waals surface area contributed by atoms with Crippen LogP contribution in [0.5, 0.6) is 0 Å². The van der Waals surface area contributed by atoms with Gasteiger partial charge in [-0.2, -0.15) is 0 Å². The summed E-state index contributed by atoms with van der Waals surface area (Å²) in [4.78, 5) is 6.68. The molecule has 0 bridgehead atoms. The molecule has 3 rings (SSSR count). The number of guanidine groups is 1. The highest BCUT2D eigenvalue weighted by Crippen LogP contribution is 2.37. The molecule has 1 aromatic carbocycles. The minimum atomic E-state index is 0.0772. The van der Waals surface area contributed by atoms with E-state index in [9.17, 15) is 10.4 Å². The van der Waals surface area contributed by atoms with Gasteiger partial charge in [0, 0.05) is 6.54 Å². The molecule has 1 aliphatic carbocycles. The Morgan fingerprint density at radius 3 is 2.32 bits per heavy atom. The first-order valence-corrected chi connectivity index (χ1v) is 9.27. The van der Waals surface area contributed by atoms with Crippen molar-refractivity contribution in [2.75, 3.05) is 36.4 Å². The van der Waals surface area contributed by atoms with Gasteiger partial charge in [0.2, 0.25) is 5.96 Å². The van der Waals surface area contributed by atoms with Gasteiger partial charge >= 0.3 is 0 Å². The number of hydrazine groups is 1. The molecule has 0 spiro atoms. The van der Waals surface area contributed by atoms with Crippen LogP contribution in [-0.4, -0.2) is 37.0 Å². The van der Waals surface area contributed by atoms with Crippen molar-refractivity contribution in [3.05, 3.63) is 33.7 Å². The van der Waals surface area contributed by atoms with Crippen molar-refractivity contribution in [2.45, 2.75) is 46.0 Å². The average molecular weight is 345 g/mol. The number of benzene rings is 1. The van der Waals surface area contributed by atoms with Crippen LogP contribution in [0.25, 0.3) is 0 Å². The molecule has 1 aromatic rings. The smallest absolute Gasteiger partial charge is 0.206 e. The highest BCUT2D eigenvalue weighted by Gasteiger charge is 2.21. The van der Waals surface area contributed by atoms with Crippen molar-refractivity contribution >= 4 is 17.3 Å². The summed E-state index contributed by atoms with van der Waals surface area (Å²) in [5.41, 5.74) is 5.70. The van der Waals surface area contributed by atoms with Crippen LogP contribution in [0.4, 0.5) is 11.4 Å². The molecular weight excluding hydrogens is 318 g/mol. The third kappa shape index (κ3) is 3.89. The number of aryl methyl sites for hydroxylation is 2. The average Bonchev–Trinajstić information content (AvgIpc) is 3.06. The number of nitrogens with zero attached hydrogens (tertiary/aromatic N) is 4. The van der Waals surface area contributed by atoms with Crippen LogP contribution in [0.2, 0.25) is 0 Å². The van der Waals surface area contributed by atoms with E-state index in [2.05, 4.69) is 29.2 Å². The Labute approximate surface area is 149 Å². The lowest BCUT2D eigenvalue weighted by Crippen LogP contribution is -2.51. The second-order valence-electron chi connectivity index (χ2n) is 6.71. The fraction of sp³-hybridized carbons (Fsp3) is 0.611. The molecular formula is C18H27N5O2-2. The summed E-state index contributed by atoms with van der Waals surface area (Å²) >= 11 is 0. The Balaban J connectivity index is 1.72. The number of hydrogen-bond donors (Lipinski definition) is 1. The summed E-state index contributed by atoms with van der Waals surface area (Å²) in [7, 11) is 0. The van der Waals surface area contributed by atoms with Gasteiger partial charge in [-0.3, -0.25) is 10.4 Å². The predicted octanol–water partition coefficient (Wildman–Crippen LogP) is 2.78. The lowest BCUT2D eigenvalue weighted by Gasteiger charge is -2.46. The number of aliphatic imine (C=N–C) groups is 1. The van der Waals surface area contributed by atoms with E-state index in [1.807, 2.05) is 12.1 Å². The van der Waals surface area contributed by atoms with E-state index in [1.165, 1.54) is 11.1 Å².